The Kier molecular flexibility index (Phi) is 6.77. The summed E-state index contributed by atoms with van der Waals surface area (Å²) in [5.41, 5.74) is 6.50. The van der Waals surface area contributed by atoms with E-state index in [0.717, 1.165) is 66.0 Å². The van der Waals surface area contributed by atoms with Crippen molar-refractivity contribution in [1.82, 2.24) is 25.1 Å². The van der Waals surface area contributed by atoms with Crippen molar-refractivity contribution in [3.63, 3.8) is 0 Å². The Morgan fingerprint density at radius 3 is 2.64 bits per heavy atom. The normalized spacial score (nSPS) is 19.9. The van der Waals surface area contributed by atoms with E-state index in [9.17, 15) is 4.79 Å². The highest BCUT2D eigenvalue weighted by Crippen LogP contribution is 2.44. The fourth-order valence-corrected chi connectivity index (χ4v) is 5.57. The van der Waals surface area contributed by atoms with Crippen LogP contribution in [0.3, 0.4) is 0 Å². The van der Waals surface area contributed by atoms with E-state index in [1.165, 1.54) is 5.69 Å². The summed E-state index contributed by atoms with van der Waals surface area (Å²) in [6.07, 6.45) is 6.51. The van der Waals surface area contributed by atoms with Crippen molar-refractivity contribution in [3.05, 3.63) is 63.8 Å². The summed E-state index contributed by atoms with van der Waals surface area (Å²) in [6.45, 7) is 8.53. The molecule has 4 heterocycles. The molecule has 2 aliphatic rings. The van der Waals surface area contributed by atoms with Gasteiger partial charge in [-0.3, -0.25) is 20.0 Å². The van der Waals surface area contributed by atoms with Gasteiger partial charge in [-0.05, 0) is 76.6 Å². The van der Waals surface area contributed by atoms with E-state index in [1.54, 1.807) is 11.1 Å². The van der Waals surface area contributed by atoms with Gasteiger partial charge in [-0.1, -0.05) is 24.6 Å². The van der Waals surface area contributed by atoms with Crippen LogP contribution in [0, 0.1) is 0 Å². The van der Waals surface area contributed by atoms with Crippen molar-refractivity contribution >= 4 is 17.7 Å². The maximum Gasteiger partial charge on any atom is 0.410 e. The highest BCUT2D eigenvalue weighted by atomic mass is 35.5. The lowest BCUT2D eigenvalue weighted by Crippen LogP contribution is -2.35. The predicted molar refractivity (Wildman–Crippen MR) is 140 cm³/mol. The summed E-state index contributed by atoms with van der Waals surface area (Å²) in [4.78, 5) is 24.3. The molecule has 1 amide bonds. The number of rotatable bonds is 3. The molecule has 7 nitrogen and oxygen atoms in total. The van der Waals surface area contributed by atoms with Crippen LogP contribution in [0.25, 0.3) is 11.3 Å². The van der Waals surface area contributed by atoms with Crippen LogP contribution in [0.1, 0.15) is 93.6 Å². The zero-order valence-corrected chi connectivity index (χ0v) is 22.2. The van der Waals surface area contributed by atoms with Crippen molar-refractivity contribution < 1.29 is 9.53 Å². The van der Waals surface area contributed by atoms with Crippen LogP contribution in [0.2, 0.25) is 5.02 Å². The second kappa shape index (κ2) is 9.85. The summed E-state index contributed by atoms with van der Waals surface area (Å²) in [7, 11) is 0. The van der Waals surface area contributed by atoms with E-state index >= 15 is 0 Å². The van der Waals surface area contributed by atoms with Gasteiger partial charge in [-0.15, -0.1) is 0 Å². The quantitative estimate of drug-likeness (QED) is 0.422. The molecule has 0 aromatic carbocycles. The number of halogens is 1. The van der Waals surface area contributed by atoms with Gasteiger partial charge in [0.1, 0.15) is 5.60 Å². The minimum Gasteiger partial charge on any atom is -0.444 e. The molecule has 1 N–H and O–H groups in total. The smallest absolute Gasteiger partial charge is 0.410 e. The molecule has 0 bridgehead atoms. The van der Waals surface area contributed by atoms with Crippen LogP contribution in [0.5, 0.6) is 0 Å². The Morgan fingerprint density at radius 2 is 1.92 bits per heavy atom. The van der Waals surface area contributed by atoms with E-state index in [2.05, 4.69) is 30.2 Å². The maximum absolute atomic E-state index is 13.0. The van der Waals surface area contributed by atoms with Gasteiger partial charge in [0, 0.05) is 35.0 Å². The highest BCUT2D eigenvalue weighted by molar-refractivity contribution is 6.30. The largest absolute Gasteiger partial charge is 0.444 e. The fraction of sp³-hybridized carbons (Fsp3) is 0.500. The molecule has 5 rings (SSSR count). The van der Waals surface area contributed by atoms with Crippen LogP contribution in [-0.4, -0.2) is 36.8 Å². The van der Waals surface area contributed by atoms with Crippen LogP contribution in [-0.2, 0) is 24.2 Å². The van der Waals surface area contributed by atoms with E-state index in [-0.39, 0.29) is 6.09 Å². The molecule has 1 aliphatic heterocycles. The number of fused-ring (bicyclic) bond motifs is 3. The molecule has 8 heteroatoms. The Balaban J connectivity index is 1.42. The van der Waals surface area contributed by atoms with Crippen molar-refractivity contribution in [2.24, 2.45) is 0 Å². The minimum atomic E-state index is -0.578. The lowest BCUT2D eigenvalue weighted by atomic mass is 9.77. The zero-order chi connectivity index (χ0) is 25.4. The minimum absolute atomic E-state index is 0.328. The Labute approximate surface area is 217 Å². The van der Waals surface area contributed by atoms with E-state index in [0.29, 0.717) is 29.9 Å². The molecule has 36 heavy (non-hydrogen) atoms. The summed E-state index contributed by atoms with van der Waals surface area (Å²) < 4.78 is 5.68. The molecule has 1 saturated carbocycles. The summed E-state index contributed by atoms with van der Waals surface area (Å²) >= 11 is 6.32. The third kappa shape index (κ3) is 5.12. The van der Waals surface area contributed by atoms with Crippen LogP contribution >= 0.6 is 11.6 Å². The molecule has 3 aromatic rings. The molecule has 0 radical (unpaired) electrons. The molecule has 0 saturated heterocycles. The zero-order valence-electron chi connectivity index (χ0n) is 21.5. The van der Waals surface area contributed by atoms with E-state index < -0.39 is 5.60 Å². The second-order valence-electron chi connectivity index (χ2n) is 10.9. The number of H-pyrrole nitrogens is 1. The summed E-state index contributed by atoms with van der Waals surface area (Å²) in [5, 5.41) is 8.58. The number of nitrogens with zero attached hydrogens (tertiary/aromatic N) is 4. The van der Waals surface area contributed by atoms with Gasteiger partial charge >= 0.3 is 6.09 Å². The van der Waals surface area contributed by atoms with Gasteiger partial charge in [-0.2, -0.15) is 5.10 Å². The summed E-state index contributed by atoms with van der Waals surface area (Å²) in [5.74, 6) is 0.811. The number of aromatic amines is 1. The number of aryl methyl sites for hydroxylation is 1. The number of hydrogen-bond acceptors (Lipinski definition) is 5. The van der Waals surface area contributed by atoms with Crippen molar-refractivity contribution in [2.75, 3.05) is 0 Å². The molecule has 1 aliphatic carbocycles. The Morgan fingerprint density at radius 1 is 1.17 bits per heavy atom. The van der Waals surface area contributed by atoms with Crippen LogP contribution in [0.15, 0.2) is 30.5 Å². The lowest BCUT2D eigenvalue weighted by Gasteiger charge is -2.28. The van der Waals surface area contributed by atoms with Crippen molar-refractivity contribution in [1.29, 1.82) is 0 Å². The van der Waals surface area contributed by atoms with E-state index in [4.69, 9.17) is 31.4 Å². The molecule has 0 unspecified atom stereocenters. The van der Waals surface area contributed by atoms with Gasteiger partial charge in [0.05, 0.1) is 35.2 Å². The van der Waals surface area contributed by atoms with Crippen molar-refractivity contribution in [2.45, 2.75) is 90.3 Å². The monoisotopic (exact) mass is 507 g/mol. The first-order chi connectivity index (χ1) is 17.2. The number of nitrogens with one attached hydrogen (secondary N) is 1. The lowest BCUT2D eigenvalue weighted by molar-refractivity contribution is 0.0216. The van der Waals surface area contributed by atoms with Crippen LogP contribution < -0.4 is 0 Å². The molecule has 0 atom stereocenters. The third-order valence-electron chi connectivity index (χ3n) is 7.12. The van der Waals surface area contributed by atoms with Gasteiger partial charge in [0.25, 0.3) is 0 Å². The number of carbonyl (C=O) groups is 1. The van der Waals surface area contributed by atoms with Gasteiger partial charge < -0.3 is 4.74 Å². The van der Waals surface area contributed by atoms with Gasteiger partial charge in [0.2, 0.25) is 0 Å². The Hall–Kier alpha value is -2.93. The highest BCUT2D eigenvalue weighted by Gasteiger charge is 2.34. The number of aromatic nitrogens is 4. The second-order valence-corrected chi connectivity index (χ2v) is 11.4. The SMILES string of the molecule is CCc1cccc(C2CCC(c3n[nH]c4c3-c3ncc(Cl)cc3CN(C(=O)OC(C)(C)C)C4)CC2)n1. The molecule has 1 fully saturated rings. The molecule has 190 valence electrons. The average molecular weight is 508 g/mol. The first-order valence-electron chi connectivity index (χ1n) is 12.9. The third-order valence-corrected chi connectivity index (χ3v) is 7.33. The predicted octanol–water partition coefficient (Wildman–Crippen LogP) is 6.77. The Bertz CT molecular complexity index is 1260. The first kappa shape index (κ1) is 24.8. The molecule has 3 aromatic heterocycles. The molecule has 0 spiro atoms. The van der Waals surface area contributed by atoms with Gasteiger partial charge in [0.15, 0.2) is 0 Å². The number of hydrogen-bond donors (Lipinski definition) is 1. The average Bonchev–Trinajstić information content (AvgIpc) is 3.18. The molecular weight excluding hydrogens is 474 g/mol. The standard InChI is InChI=1S/C28H34ClN5O2/c1-5-21-7-6-8-22(31-21)17-9-11-18(12-10-17)26-24-23(32-33-26)16-34(27(35)36-28(2,3)4)15-19-13-20(29)14-30-25(19)24/h6-8,13-14,17-18H,5,9-12,15-16H2,1-4H3,(H,32,33). The first-order valence-corrected chi connectivity index (χ1v) is 13.2. The van der Waals surface area contributed by atoms with Crippen molar-refractivity contribution in [3.8, 4) is 11.3 Å². The van der Waals surface area contributed by atoms with E-state index in [1.807, 2.05) is 26.8 Å². The topological polar surface area (TPSA) is 84.0 Å². The van der Waals surface area contributed by atoms with Gasteiger partial charge in [-0.25, -0.2) is 4.79 Å². The summed E-state index contributed by atoms with van der Waals surface area (Å²) in [6, 6.07) is 8.30. The molecular formula is C28H34ClN5O2. The maximum atomic E-state index is 13.0. The van der Waals surface area contributed by atoms with Crippen LogP contribution in [0.4, 0.5) is 4.79 Å². The number of ether oxygens (including phenoxy) is 1. The number of amides is 1. The number of pyridine rings is 2. The number of carbonyl (C=O) groups excluding carboxylic acids is 1. The fourth-order valence-electron chi connectivity index (χ4n) is 5.39.